The van der Waals surface area contributed by atoms with E-state index < -0.39 is 12.3 Å². The summed E-state index contributed by atoms with van der Waals surface area (Å²) in [7, 11) is 0. The average molecular weight is 246 g/mol. The third-order valence-corrected chi connectivity index (χ3v) is 2.62. The van der Waals surface area contributed by atoms with Crippen molar-refractivity contribution in [1.82, 2.24) is 0 Å². The van der Waals surface area contributed by atoms with Gasteiger partial charge in [0, 0.05) is 0 Å². The SMILES string of the molecule is Cc1ccccc1[C@H](OC[C@H]1CO1)C(F)(F)F. The molecule has 1 aliphatic heterocycles. The maximum Gasteiger partial charge on any atom is 0.418 e. The predicted molar refractivity (Wildman–Crippen MR) is 55.7 cm³/mol. The molecule has 0 bridgehead atoms. The fourth-order valence-corrected chi connectivity index (χ4v) is 1.61. The lowest BCUT2D eigenvalue weighted by molar-refractivity contribution is -0.224. The summed E-state index contributed by atoms with van der Waals surface area (Å²) in [5.41, 5.74) is 0.743. The van der Waals surface area contributed by atoms with Gasteiger partial charge < -0.3 is 9.47 Å². The Balaban J connectivity index is 2.16. The minimum atomic E-state index is -4.40. The quantitative estimate of drug-likeness (QED) is 0.762. The van der Waals surface area contributed by atoms with E-state index in [9.17, 15) is 13.2 Å². The summed E-state index contributed by atoms with van der Waals surface area (Å²) in [6, 6.07) is 6.38. The Bertz CT molecular complexity index is 386. The Morgan fingerprint density at radius 2 is 2.06 bits per heavy atom. The lowest BCUT2D eigenvalue weighted by Crippen LogP contribution is -2.25. The Labute approximate surface area is 97.3 Å². The highest BCUT2D eigenvalue weighted by Gasteiger charge is 2.43. The van der Waals surface area contributed by atoms with E-state index >= 15 is 0 Å². The van der Waals surface area contributed by atoms with Gasteiger partial charge in [-0.05, 0) is 18.1 Å². The average Bonchev–Trinajstić information content (AvgIpc) is 3.03. The number of epoxide rings is 1. The van der Waals surface area contributed by atoms with E-state index in [2.05, 4.69) is 0 Å². The van der Waals surface area contributed by atoms with Crippen LogP contribution in [0, 0.1) is 6.92 Å². The molecule has 1 aromatic rings. The van der Waals surface area contributed by atoms with Crippen molar-refractivity contribution in [1.29, 1.82) is 0 Å². The van der Waals surface area contributed by atoms with Gasteiger partial charge >= 0.3 is 6.18 Å². The second-order valence-corrected chi connectivity index (χ2v) is 4.07. The summed E-state index contributed by atoms with van der Waals surface area (Å²) >= 11 is 0. The number of halogens is 3. The molecule has 2 nitrogen and oxygen atoms in total. The van der Waals surface area contributed by atoms with Crippen LogP contribution in [0.3, 0.4) is 0 Å². The van der Waals surface area contributed by atoms with E-state index in [1.807, 2.05) is 0 Å². The molecule has 1 fully saturated rings. The third kappa shape index (κ3) is 3.20. The van der Waals surface area contributed by atoms with Crippen molar-refractivity contribution < 1.29 is 22.6 Å². The molecule has 0 N–H and O–H groups in total. The molecule has 2 atom stereocenters. The van der Waals surface area contributed by atoms with Crippen molar-refractivity contribution in [3.8, 4) is 0 Å². The summed E-state index contributed by atoms with van der Waals surface area (Å²) in [6.45, 7) is 2.11. The molecule has 0 radical (unpaired) electrons. The van der Waals surface area contributed by atoms with Crippen LogP contribution in [0.25, 0.3) is 0 Å². The summed E-state index contributed by atoms with van der Waals surface area (Å²) in [6.07, 6.45) is -6.45. The maximum atomic E-state index is 12.9. The summed E-state index contributed by atoms with van der Waals surface area (Å²) in [5.74, 6) is 0. The Morgan fingerprint density at radius 1 is 1.41 bits per heavy atom. The van der Waals surface area contributed by atoms with Crippen molar-refractivity contribution in [3.05, 3.63) is 35.4 Å². The summed E-state index contributed by atoms with van der Waals surface area (Å²) in [5, 5.41) is 0. The Kier molecular flexibility index (Phi) is 3.40. The van der Waals surface area contributed by atoms with Crippen LogP contribution in [0.4, 0.5) is 13.2 Å². The molecule has 0 saturated carbocycles. The van der Waals surface area contributed by atoms with E-state index in [1.54, 1.807) is 25.1 Å². The number of aryl methyl sites for hydroxylation is 1. The molecule has 1 aromatic carbocycles. The molecule has 1 aliphatic rings. The second-order valence-electron chi connectivity index (χ2n) is 4.07. The fraction of sp³-hybridized carbons (Fsp3) is 0.500. The Hall–Kier alpha value is -1.07. The van der Waals surface area contributed by atoms with E-state index in [1.165, 1.54) is 6.07 Å². The molecule has 1 heterocycles. The monoisotopic (exact) mass is 246 g/mol. The minimum Gasteiger partial charge on any atom is -0.371 e. The predicted octanol–water partition coefficient (Wildman–Crippen LogP) is 3.01. The van der Waals surface area contributed by atoms with Gasteiger partial charge in [0.25, 0.3) is 0 Å². The van der Waals surface area contributed by atoms with Crippen LogP contribution in [-0.2, 0) is 9.47 Å². The van der Waals surface area contributed by atoms with Gasteiger partial charge in [-0.3, -0.25) is 0 Å². The molecule has 17 heavy (non-hydrogen) atoms. The van der Waals surface area contributed by atoms with Crippen LogP contribution in [0.1, 0.15) is 17.2 Å². The van der Waals surface area contributed by atoms with E-state index in [0.717, 1.165) is 0 Å². The van der Waals surface area contributed by atoms with Crippen molar-refractivity contribution in [2.45, 2.75) is 25.3 Å². The van der Waals surface area contributed by atoms with E-state index in [0.29, 0.717) is 12.2 Å². The van der Waals surface area contributed by atoms with Crippen molar-refractivity contribution in [2.24, 2.45) is 0 Å². The first-order chi connectivity index (χ1) is 7.98. The zero-order chi connectivity index (χ0) is 12.5. The standard InChI is InChI=1S/C12H13F3O2/c1-8-4-2-3-5-10(8)11(12(13,14)15)17-7-9-6-16-9/h2-5,9,11H,6-7H2,1H3/t9-,11+/m1/s1. The number of hydrogen-bond acceptors (Lipinski definition) is 2. The van der Waals surface area contributed by atoms with Gasteiger partial charge in [-0.25, -0.2) is 0 Å². The Morgan fingerprint density at radius 3 is 2.59 bits per heavy atom. The van der Waals surface area contributed by atoms with Gasteiger partial charge in [-0.2, -0.15) is 13.2 Å². The fourth-order valence-electron chi connectivity index (χ4n) is 1.61. The first-order valence-corrected chi connectivity index (χ1v) is 5.34. The van der Waals surface area contributed by atoms with E-state index in [4.69, 9.17) is 9.47 Å². The smallest absolute Gasteiger partial charge is 0.371 e. The first kappa shape index (κ1) is 12.4. The molecule has 0 amide bonds. The first-order valence-electron chi connectivity index (χ1n) is 5.34. The number of hydrogen-bond donors (Lipinski definition) is 0. The van der Waals surface area contributed by atoms with Gasteiger partial charge in [-0.1, -0.05) is 24.3 Å². The topological polar surface area (TPSA) is 21.8 Å². The molecule has 0 spiro atoms. The zero-order valence-corrected chi connectivity index (χ0v) is 9.33. The van der Waals surface area contributed by atoms with Crippen LogP contribution >= 0.6 is 0 Å². The number of benzene rings is 1. The molecule has 0 aromatic heterocycles. The number of ether oxygens (including phenoxy) is 2. The summed E-state index contributed by atoms with van der Waals surface area (Å²) in [4.78, 5) is 0. The normalized spacial score (nSPS) is 21.3. The highest BCUT2D eigenvalue weighted by Crippen LogP contribution is 2.37. The van der Waals surface area contributed by atoms with E-state index in [-0.39, 0.29) is 18.3 Å². The molecule has 5 heteroatoms. The third-order valence-electron chi connectivity index (χ3n) is 2.62. The van der Waals surface area contributed by atoms with Crippen LogP contribution in [0.2, 0.25) is 0 Å². The van der Waals surface area contributed by atoms with Crippen LogP contribution in [-0.4, -0.2) is 25.5 Å². The molecular weight excluding hydrogens is 233 g/mol. The van der Waals surface area contributed by atoms with Gasteiger partial charge in [0.2, 0.25) is 0 Å². The second kappa shape index (κ2) is 4.66. The number of alkyl halides is 3. The molecule has 0 unspecified atom stereocenters. The lowest BCUT2D eigenvalue weighted by Gasteiger charge is -2.22. The molecule has 94 valence electrons. The summed E-state index contributed by atoms with van der Waals surface area (Å²) < 4.78 is 48.5. The lowest BCUT2D eigenvalue weighted by atomic mass is 10.0. The highest BCUT2D eigenvalue weighted by atomic mass is 19.4. The van der Waals surface area contributed by atoms with Crippen LogP contribution in [0.15, 0.2) is 24.3 Å². The minimum absolute atomic E-state index is 0.0154. The maximum absolute atomic E-state index is 12.9. The van der Waals surface area contributed by atoms with Crippen molar-refractivity contribution >= 4 is 0 Å². The zero-order valence-electron chi connectivity index (χ0n) is 9.33. The van der Waals surface area contributed by atoms with Crippen molar-refractivity contribution in [2.75, 3.05) is 13.2 Å². The van der Waals surface area contributed by atoms with Gasteiger partial charge in [0.1, 0.15) is 6.10 Å². The van der Waals surface area contributed by atoms with Gasteiger partial charge in [0.15, 0.2) is 6.10 Å². The molecule has 1 saturated heterocycles. The van der Waals surface area contributed by atoms with Gasteiger partial charge in [-0.15, -0.1) is 0 Å². The van der Waals surface area contributed by atoms with Crippen LogP contribution in [0.5, 0.6) is 0 Å². The van der Waals surface area contributed by atoms with Crippen LogP contribution < -0.4 is 0 Å². The number of rotatable bonds is 4. The molecular formula is C12H13F3O2. The largest absolute Gasteiger partial charge is 0.418 e. The highest BCUT2D eigenvalue weighted by molar-refractivity contribution is 5.28. The van der Waals surface area contributed by atoms with Gasteiger partial charge in [0.05, 0.1) is 13.2 Å². The molecule has 2 rings (SSSR count). The van der Waals surface area contributed by atoms with Crippen molar-refractivity contribution in [3.63, 3.8) is 0 Å². The molecule has 0 aliphatic carbocycles.